The van der Waals surface area contributed by atoms with E-state index < -0.39 is 0 Å². The fourth-order valence-electron chi connectivity index (χ4n) is 1.67. The van der Waals surface area contributed by atoms with Gasteiger partial charge >= 0.3 is 0 Å². The van der Waals surface area contributed by atoms with Crippen LogP contribution in [0.4, 0.5) is 0 Å². The van der Waals surface area contributed by atoms with Gasteiger partial charge in [0.25, 0.3) is 0 Å². The SMILES string of the molecule is CCNCc1ccc(-n2nc(C)cc2C)nn1. The maximum absolute atomic E-state index is 4.37. The molecule has 0 aliphatic rings. The lowest BCUT2D eigenvalue weighted by Crippen LogP contribution is -2.14. The highest BCUT2D eigenvalue weighted by Crippen LogP contribution is 2.08. The Labute approximate surface area is 101 Å². The molecule has 90 valence electrons. The predicted octanol–water partition coefficient (Wildman–Crippen LogP) is 1.39. The normalized spacial score (nSPS) is 10.8. The van der Waals surface area contributed by atoms with Crippen LogP contribution < -0.4 is 5.32 Å². The quantitative estimate of drug-likeness (QED) is 0.864. The molecule has 0 radical (unpaired) electrons. The van der Waals surface area contributed by atoms with Gasteiger partial charge in [-0.25, -0.2) is 4.68 Å². The molecule has 0 saturated carbocycles. The Morgan fingerprint density at radius 1 is 1.24 bits per heavy atom. The molecule has 0 unspecified atom stereocenters. The lowest BCUT2D eigenvalue weighted by molar-refractivity contribution is 0.689. The van der Waals surface area contributed by atoms with Crippen LogP contribution in [0.25, 0.3) is 5.82 Å². The van der Waals surface area contributed by atoms with Gasteiger partial charge in [-0.15, -0.1) is 5.10 Å². The number of aryl methyl sites for hydroxylation is 2. The van der Waals surface area contributed by atoms with E-state index in [0.717, 1.165) is 36.0 Å². The molecular formula is C12H17N5. The molecule has 0 bridgehead atoms. The molecule has 0 saturated heterocycles. The minimum absolute atomic E-state index is 0.751. The summed E-state index contributed by atoms with van der Waals surface area (Å²) in [5.41, 5.74) is 2.99. The molecule has 0 aliphatic carbocycles. The minimum Gasteiger partial charge on any atom is -0.311 e. The van der Waals surface area contributed by atoms with E-state index in [2.05, 4.69) is 27.5 Å². The van der Waals surface area contributed by atoms with E-state index in [1.165, 1.54) is 0 Å². The van der Waals surface area contributed by atoms with E-state index in [4.69, 9.17) is 0 Å². The summed E-state index contributed by atoms with van der Waals surface area (Å²) in [6.07, 6.45) is 0. The van der Waals surface area contributed by atoms with Gasteiger partial charge in [0.1, 0.15) is 0 Å². The van der Waals surface area contributed by atoms with Gasteiger partial charge < -0.3 is 5.32 Å². The second-order valence-electron chi connectivity index (χ2n) is 4.00. The van der Waals surface area contributed by atoms with Gasteiger partial charge in [-0.05, 0) is 38.6 Å². The molecule has 1 N–H and O–H groups in total. The van der Waals surface area contributed by atoms with E-state index >= 15 is 0 Å². The highest BCUT2D eigenvalue weighted by atomic mass is 15.3. The molecule has 17 heavy (non-hydrogen) atoms. The molecular weight excluding hydrogens is 214 g/mol. The van der Waals surface area contributed by atoms with Crippen molar-refractivity contribution in [2.75, 3.05) is 6.54 Å². The van der Waals surface area contributed by atoms with Crippen molar-refractivity contribution in [1.82, 2.24) is 25.3 Å². The van der Waals surface area contributed by atoms with E-state index in [0.29, 0.717) is 0 Å². The number of nitrogens with zero attached hydrogens (tertiary/aromatic N) is 4. The van der Waals surface area contributed by atoms with Gasteiger partial charge in [0.2, 0.25) is 0 Å². The van der Waals surface area contributed by atoms with Crippen molar-refractivity contribution in [3.63, 3.8) is 0 Å². The van der Waals surface area contributed by atoms with Crippen LogP contribution in [-0.2, 0) is 6.54 Å². The zero-order valence-corrected chi connectivity index (χ0v) is 10.4. The number of aromatic nitrogens is 4. The highest BCUT2D eigenvalue weighted by Gasteiger charge is 2.05. The van der Waals surface area contributed by atoms with Gasteiger partial charge in [-0.1, -0.05) is 6.92 Å². The molecule has 2 rings (SSSR count). The van der Waals surface area contributed by atoms with Crippen LogP contribution in [0.1, 0.15) is 24.0 Å². The Kier molecular flexibility index (Phi) is 3.49. The van der Waals surface area contributed by atoms with Crippen LogP contribution in [0, 0.1) is 13.8 Å². The van der Waals surface area contributed by atoms with Gasteiger partial charge in [-0.3, -0.25) is 0 Å². The molecule has 2 aromatic heterocycles. The summed E-state index contributed by atoms with van der Waals surface area (Å²) in [4.78, 5) is 0. The van der Waals surface area contributed by atoms with E-state index in [9.17, 15) is 0 Å². The van der Waals surface area contributed by atoms with Crippen LogP contribution in [0.15, 0.2) is 18.2 Å². The molecule has 2 heterocycles. The third kappa shape index (κ3) is 2.68. The van der Waals surface area contributed by atoms with Crippen LogP contribution in [-0.4, -0.2) is 26.5 Å². The molecule has 0 atom stereocenters. The summed E-state index contributed by atoms with van der Waals surface area (Å²) in [5, 5.41) is 15.9. The van der Waals surface area contributed by atoms with Crippen molar-refractivity contribution in [3.8, 4) is 5.82 Å². The summed E-state index contributed by atoms with van der Waals surface area (Å²) >= 11 is 0. The van der Waals surface area contributed by atoms with Crippen LogP contribution >= 0.6 is 0 Å². The smallest absolute Gasteiger partial charge is 0.175 e. The zero-order valence-electron chi connectivity index (χ0n) is 10.4. The maximum Gasteiger partial charge on any atom is 0.175 e. The summed E-state index contributed by atoms with van der Waals surface area (Å²) < 4.78 is 1.80. The number of nitrogens with one attached hydrogen (secondary N) is 1. The monoisotopic (exact) mass is 231 g/mol. The Morgan fingerprint density at radius 2 is 2.06 bits per heavy atom. The summed E-state index contributed by atoms with van der Waals surface area (Å²) in [6, 6.07) is 5.94. The Balaban J connectivity index is 2.20. The third-order valence-electron chi connectivity index (χ3n) is 2.49. The lowest BCUT2D eigenvalue weighted by Gasteiger charge is -2.04. The van der Waals surface area contributed by atoms with E-state index in [1.54, 1.807) is 4.68 Å². The topological polar surface area (TPSA) is 55.6 Å². The van der Waals surface area contributed by atoms with Gasteiger partial charge in [0, 0.05) is 12.2 Å². The Hall–Kier alpha value is -1.75. The summed E-state index contributed by atoms with van der Waals surface area (Å²) in [7, 11) is 0. The average Bonchev–Trinajstić information content (AvgIpc) is 2.66. The van der Waals surface area contributed by atoms with Crippen molar-refractivity contribution in [1.29, 1.82) is 0 Å². The molecule has 0 aliphatic heterocycles. The molecule has 5 nitrogen and oxygen atoms in total. The van der Waals surface area contributed by atoms with Gasteiger partial charge in [0.15, 0.2) is 5.82 Å². The van der Waals surface area contributed by atoms with Crippen molar-refractivity contribution >= 4 is 0 Å². The zero-order chi connectivity index (χ0) is 12.3. The summed E-state index contributed by atoms with van der Waals surface area (Å²) in [6.45, 7) is 7.73. The largest absolute Gasteiger partial charge is 0.311 e. The third-order valence-corrected chi connectivity index (χ3v) is 2.49. The first-order valence-corrected chi connectivity index (χ1v) is 5.77. The highest BCUT2D eigenvalue weighted by molar-refractivity contribution is 5.25. The number of hydrogen-bond donors (Lipinski definition) is 1. The van der Waals surface area contributed by atoms with E-state index in [-0.39, 0.29) is 0 Å². The first-order chi connectivity index (χ1) is 8.20. The van der Waals surface area contributed by atoms with E-state index in [1.807, 2.05) is 32.0 Å². The second-order valence-corrected chi connectivity index (χ2v) is 4.00. The molecule has 0 spiro atoms. The molecule has 0 amide bonds. The Morgan fingerprint density at radius 3 is 2.59 bits per heavy atom. The minimum atomic E-state index is 0.751. The molecule has 5 heteroatoms. The standard InChI is InChI=1S/C12H17N5/c1-4-13-8-11-5-6-12(15-14-11)17-10(3)7-9(2)16-17/h5-7,13H,4,8H2,1-3H3. The fourth-order valence-corrected chi connectivity index (χ4v) is 1.67. The predicted molar refractivity (Wildman–Crippen MR) is 66.0 cm³/mol. The molecule has 0 fully saturated rings. The first kappa shape index (κ1) is 11.7. The van der Waals surface area contributed by atoms with Crippen molar-refractivity contribution in [2.24, 2.45) is 0 Å². The van der Waals surface area contributed by atoms with Crippen molar-refractivity contribution < 1.29 is 0 Å². The average molecular weight is 231 g/mol. The first-order valence-electron chi connectivity index (χ1n) is 5.77. The molecule has 0 aromatic carbocycles. The van der Waals surface area contributed by atoms with Gasteiger partial charge in [-0.2, -0.15) is 10.2 Å². The van der Waals surface area contributed by atoms with Crippen LogP contribution in [0.3, 0.4) is 0 Å². The van der Waals surface area contributed by atoms with Crippen molar-refractivity contribution in [2.45, 2.75) is 27.3 Å². The Bertz CT molecular complexity index is 486. The lowest BCUT2D eigenvalue weighted by atomic mass is 10.3. The molecule has 2 aromatic rings. The maximum atomic E-state index is 4.37. The fraction of sp³-hybridized carbons (Fsp3) is 0.417. The van der Waals surface area contributed by atoms with Crippen LogP contribution in [0.5, 0.6) is 0 Å². The van der Waals surface area contributed by atoms with Gasteiger partial charge in [0.05, 0.1) is 11.4 Å². The number of hydrogen-bond acceptors (Lipinski definition) is 4. The second kappa shape index (κ2) is 5.05. The van der Waals surface area contributed by atoms with Crippen molar-refractivity contribution in [3.05, 3.63) is 35.3 Å². The summed E-state index contributed by atoms with van der Waals surface area (Å²) in [5.74, 6) is 0.760. The van der Waals surface area contributed by atoms with Crippen LogP contribution in [0.2, 0.25) is 0 Å². The number of rotatable bonds is 4.